The monoisotopic (exact) mass is 455 g/mol. The number of nitriles is 1. The summed E-state index contributed by atoms with van der Waals surface area (Å²) in [5, 5.41) is 9.69. The van der Waals surface area contributed by atoms with Crippen molar-refractivity contribution in [1.29, 1.82) is 5.26 Å². The molecule has 0 aliphatic carbocycles. The highest BCUT2D eigenvalue weighted by molar-refractivity contribution is 5.89. The van der Waals surface area contributed by atoms with Gasteiger partial charge in [0.1, 0.15) is 17.1 Å². The van der Waals surface area contributed by atoms with Gasteiger partial charge in [-0.15, -0.1) is 0 Å². The molecule has 170 valence electrons. The maximum Gasteiger partial charge on any atom is 0.276 e. The first-order valence-corrected chi connectivity index (χ1v) is 10.4. The maximum atomic E-state index is 12.2. The average Bonchev–Trinajstić information content (AvgIpc) is 3.28. The van der Waals surface area contributed by atoms with Crippen LogP contribution in [0.2, 0.25) is 0 Å². The zero-order valence-corrected chi connectivity index (χ0v) is 18.3. The number of furan rings is 1. The van der Waals surface area contributed by atoms with E-state index in [4.69, 9.17) is 19.2 Å². The SMILES string of the molecule is COc1ccc2c(CC(=O)NNC(=O)COc3ccc(-c4ccc(C#N)cc4)cc3)coc2c1. The van der Waals surface area contributed by atoms with Gasteiger partial charge in [-0.05, 0) is 47.5 Å². The summed E-state index contributed by atoms with van der Waals surface area (Å²) >= 11 is 0. The smallest absolute Gasteiger partial charge is 0.276 e. The van der Waals surface area contributed by atoms with Crippen LogP contribution in [-0.4, -0.2) is 25.5 Å². The number of hydrogen-bond donors (Lipinski definition) is 2. The average molecular weight is 455 g/mol. The van der Waals surface area contributed by atoms with Gasteiger partial charge in [0.05, 0.1) is 31.4 Å². The van der Waals surface area contributed by atoms with Crippen molar-refractivity contribution in [3.63, 3.8) is 0 Å². The van der Waals surface area contributed by atoms with E-state index < -0.39 is 11.8 Å². The fourth-order valence-electron chi connectivity index (χ4n) is 3.35. The summed E-state index contributed by atoms with van der Waals surface area (Å²) in [6.45, 7) is -0.259. The number of hydrogen-bond acceptors (Lipinski definition) is 6. The first-order valence-electron chi connectivity index (χ1n) is 10.4. The van der Waals surface area contributed by atoms with E-state index in [1.54, 1.807) is 43.5 Å². The predicted octanol–water partition coefficient (Wildman–Crippen LogP) is 3.75. The summed E-state index contributed by atoms with van der Waals surface area (Å²) < 4.78 is 16.1. The number of methoxy groups -OCH3 is 1. The van der Waals surface area contributed by atoms with Crippen LogP contribution in [0.4, 0.5) is 0 Å². The molecular formula is C26H21N3O5. The fourth-order valence-corrected chi connectivity index (χ4v) is 3.35. The van der Waals surface area contributed by atoms with Crippen LogP contribution in [0.25, 0.3) is 22.1 Å². The first kappa shape index (κ1) is 22.4. The zero-order chi connectivity index (χ0) is 23.9. The number of nitrogens with one attached hydrogen (secondary N) is 2. The van der Waals surface area contributed by atoms with E-state index in [0.717, 1.165) is 16.5 Å². The van der Waals surface area contributed by atoms with E-state index in [1.165, 1.54) is 6.26 Å². The van der Waals surface area contributed by atoms with Crippen LogP contribution >= 0.6 is 0 Å². The predicted molar refractivity (Wildman–Crippen MR) is 125 cm³/mol. The molecule has 4 aromatic rings. The first-order chi connectivity index (χ1) is 16.6. The number of amides is 2. The van der Waals surface area contributed by atoms with Gasteiger partial charge in [0.15, 0.2) is 6.61 Å². The van der Waals surface area contributed by atoms with E-state index in [2.05, 4.69) is 16.9 Å². The molecule has 0 aliphatic rings. The van der Waals surface area contributed by atoms with Gasteiger partial charge in [-0.3, -0.25) is 20.4 Å². The molecule has 8 nitrogen and oxygen atoms in total. The molecule has 0 radical (unpaired) electrons. The Morgan fingerprint density at radius 2 is 1.56 bits per heavy atom. The van der Waals surface area contributed by atoms with Crippen molar-refractivity contribution in [2.24, 2.45) is 0 Å². The van der Waals surface area contributed by atoms with Crippen LogP contribution in [0.1, 0.15) is 11.1 Å². The van der Waals surface area contributed by atoms with Crippen LogP contribution in [0.15, 0.2) is 77.4 Å². The highest BCUT2D eigenvalue weighted by Crippen LogP contribution is 2.26. The van der Waals surface area contributed by atoms with Crippen molar-refractivity contribution in [3.05, 3.63) is 84.1 Å². The fraction of sp³-hybridized carbons (Fsp3) is 0.115. The molecule has 0 saturated carbocycles. The molecule has 0 saturated heterocycles. The van der Waals surface area contributed by atoms with Crippen LogP contribution in [-0.2, 0) is 16.0 Å². The largest absolute Gasteiger partial charge is 0.497 e. The van der Waals surface area contributed by atoms with Gasteiger partial charge < -0.3 is 13.9 Å². The van der Waals surface area contributed by atoms with E-state index in [0.29, 0.717) is 28.2 Å². The van der Waals surface area contributed by atoms with Crippen molar-refractivity contribution in [2.45, 2.75) is 6.42 Å². The Labute approximate surface area is 195 Å². The van der Waals surface area contributed by atoms with E-state index in [1.807, 2.05) is 30.3 Å². The summed E-state index contributed by atoms with van der Waals surface area (Å²) in [6.07, 6.45) is 1.55. The Bertz CT molecular complexity index is 1350. The Balaban J connectivity index is 1.24. The molecule has 1 aromatic heterocycles. The normalized spacial score (nSPS) is 10.4. The van der Waals surface area contributed by atoms with Gasteiger partial charge in [-0.25, -0.2) is 0 Å². The molecule has 2 N–H and O–H groups in total. The molecule has 3 aromatic carbocycles. The number of fused-ring (bicyclic) bond motifs is 1. The number of nitrogens with zero attached hydrogens (tertiary/aromatic N) is 1. The highest BCUT2D eigenvalue weighted by Gasteiger charge is 2.12. The Morgan fingerprint density at radius 1 is 0.912 bits per heavy atom. The maximum absolute atomic E-state index is 12.2. The third-order valence-electron chi connectivity index (χ3n) is 5.13. The minimum absolute atomic E-state index is 0.0390. The lowest BCUT2D eigenvalue weighted by Crippen LogP contribution is -2.44. The lowest BCUT2D eigenvalue weighted by atomic mass is 10.0. The molecule has 4 rings (SSSR count). The van der Waals surface area contributed by atoms with Gasteiger partial charge in [0.2, 0.25) is 5.91 Å². The van der Waals surface area contributed by atoms with Crippen molar-refractivity contribution < 1.29 is 23.5 Å². The quantitative estimate of drug-likeness (QED) is 0.410. The van der Waals surface area contributed by atoms with Gasteiger partial charge in [0.25, 0.3) is 5.91 Å². The number of ether oxygens (including phenoxy) is 2. The van der Waals surface area contributed by atoms with E-state index in [9.17, 15) is 9.59 Å². The molecule has 0 aliphatic heterocycles. The number of carbonyl (C=O) groups is 2. The molecule has 0 unspecified atom stereocenters. The van der Waals surface area contributed by atoms with Crippen molar-refractivity contribution in [2.75, 3.05) is 13.7 Å². The number of benzene rings is 3. The van der Waals surface area contributed by atoms with Crippen LogP contribution in [0.5, 0.6) is 11.5 Å². The standard InChI is InChI=1S/C26H21N3O5/c1-32-22-10-11-23-20(15-34-24(23)13-22)12-25(30)28-29-26(31)16-33-21-8-6-19(7-9-21)18-4-2-17(14-27)3-5-18/h2-11,13,15H,12,16H2,1H3,(H,28,30)(H,29,31). The summed E-state index contributed by atoms with van der Waals surface area (Å²) in [6, 6.07) is 21.9. The van der Waals surface area contributed by atoms with E-state index in [-0.39, 0.29) is 13.0 Å². The molecule has 0 atom stereocenters. The molecule has 0 bridgehead atoms. The number of hydrazine groups is 1. The van der Waals surface area contributed by atoms with Gasteiger partial charge >= 0.3 is 0 Å². The third-order valence-corrected chi connectivity index (χ3v) is 5.13. The molecule has 1 heterocycles. The molecular weight excluding hydrogens is 434 g/mol. The summed E-state index contributed by atoms with van der Waals surface area (Å²) in [5.74, 6) is 0.290. The van der Waals surface area contributed by atoms with Crippen LogP contribution < -0.4 is 20.3 Å². The Kier molecular flexibility index (Phi) is 6.75. The number of rotatable bonds is 7. The second kappa shape index (κ2) is 10.2. The Hall–Kier alpha value is -4.77. The summed E-state index contributed by atoms with van der Waals surface area (Å²) in [7, 11) is 1.57. The van der Waals surface area contributed by atoms with E-state index >= 15 is 0 Å². The molecule has 34 heavy (non-hydrogen) atoms. The minimum Gasteiger partial charge on any atom is -0.497 e. The number of carbonyl (C=O) groups excluding carboxylic acids is 2. The van der Waals surface area contributed by atoms with Crippen molar-refractivity contribution in [3.8, 4) is 28.7 Å². The summed E-state index contributed by atoms with van der Waals surface area (Å²) in [5.41, 5.74) is 8.55. The second-order valence-electron chi connectivity index (χ2n) is 7.40. The van der Waals surface area contributed by atoms with Gasteiger partial charge in [0, 0.05) is 17.0 Å². The topological polar surface area (TPSA) is 114 Å². The van der Waals surface area contributed by atoms with Crippen LogP contribution in [0.3, 0.4) is 0 Å². The summed E-state index contributed by atoms with van der Waals surface area (Å²) in [4.78, 5) is 24.3. The molecule has 0 fully saturated rings. The lowest BCUT2D eigenvalue weighted by molar-refractivity contribution is -0.129. The van der Waals surface area contributed by atoms with Crippen molar-refractivity contribution >= 4 is 22.8 Å². The van der Waals surface area contributed by atoms with Crippen LogP contribution in [0, 0.1) is 11.3 Å². The zero-order valence-electron chi connectivity index (χ0n) is 18.3. The lowest BCUT2D eigenvalue weighted by Gasteiger charge is -2.09. The van der Waals surface area contributed by atoms with Gasteiger partial charge in [-0.2, -0.15) is 5.26 Å². The minimum atomic E-state index is -0.494. The van der Waals surface area contributed by atoms with Gasteiger partial charge in [-0.1, -0.05) is 24.3 Å². The Morgan fingerprint density at radius 3 is 2.24 bits per heavy atom. The van der Waals surface area contributed by atoms with Crippen molar-refractivity contribution in [1.82, 2.24) is 10.9 Å². The highest BCUT2D eigenvalue weighted by atomic mass is 16.5. The second-order valence-corrected chi connectivity index (χ2v) is 7.40. The third kappa shape index (κ3) is 5.34. The molecule has 2 amide bonds. The molecule has 0 spiro atoms. The molecule has 8 heteroatoms.